The monoisotopic (exact) mass is 218 g/mol. The van der Waals surface area contributed by atoms with E-state index in [1.807, 2.05) is 0 Å². The summed E-state index contributed by atoms with van der Waals surface area (Å²) >= 11 is 0. The molecular weight excluding hydrogens is 200 g/mol. The molecule has 0 saturated heterocycles. The molecule has 3 rings (SSSR count). The fraction of sp³-hybridized carbons (Fsp3) is 0.643. The molecule has 0 unspecified atom stereocenters. The molecule has 0 aromatic carbocycles. The van der Waals surface area contributed by atoms with Gasteiger partial charge in [-0.1, -0.05) is 13.8 Å². The third-order valence-corrected chi connectivity index (χ3v) is 3.84. The molecule has 1 aromatic rings. The maximum atomic E-state index is 12.3. The Bertz CT molecular complexity index is 494. The van der Waals surface area contributed by atoms with Crippen molar-refractivity contribution in [3.05, 3.63) is 32.9 Å². The molecule has 2 nitrogen and oxygen atoms in total. The van der Waals surface area contributed by atoms with Gasteiger partial charge in [0.1, 0.15) is 11.5 Å². The van der Waals surface area contributed by atoms with Crippen molar-refractivity contribution < 1.29 is 4.42 Å². The number of hydrogen-bond donors (Lipinski definition) is 0. The lowest BCUT2D eigenvalue weighted by Gasteiger charge is -2.14. The molecule has 0 amide bonds. The molecule has 2 heteroatoms. The number of fused-ring (bicyclic) bond motifs is 2. The van der Waals surface area contributed by atoms with E-state index in [1.54, 1.807) is 0 Å². The molecule has 0 fully saturated rings. The van der Waals surface area contributed by atoms with Crippen LogP contribution < -0.4 is 5.43 Å². The van der Waals surface area contributed by atoms with Gasteiger partial charge in [-0.05, 0) is 31.1 Å². The molecule has 0 bridgehead atoms. The zero-order valence-electron chi connectivity index (χ0n) is 10.1. The maximum absolute atomic E-state index is 12.3. The minimum atomic E-state index is 0.203. The molecular formula is C14H18O2. The van der Waals surface area contributed by atoms with Crippen LogP contribution in [0.1, 0.15) is 49.3 Å². The molecule has 0 saturated carbocycles. The van der Waals surface area contributed by atoms with E-state index in [0.717, 1.165) is 61.2 Å². The summed E-state index contributed by atoms with van der Waals surface area (Å²) in [5, 5.41) is 0. The van der Waals surface area contributed by atoms with E-state index in [0.29, 0.717) is 5.43 Å². The highest BCUT2D eigenvalue weighted by molar-refractivity contribution is 5.33. The fourth-order valence-electron chi connectivity index (χ4n) is 3.05. The average molecular weight is 218 g/mol. The Balaban J connectivity index is 2.18. The summed E-state index contributed by atoms with van der Waals surface area (Å²) in [5.41, 5.74) is 2.43. The lowest BCUT2D eigenvalue weighted by Crippen LogP contribution is -2.20. The van der Waals surface area contributed by atoms with E-state index in [9.17, 15) is 4.79 Å². The second-order valence-electron chi connectivity index (χ2n) is 5.96. The first-order chi connectivity index (χ1) is 7.57. The van der Waals surface area contributed by atoms with Crippen LogP contribution in [-0.4, -0.2) is 0 Å². The van der Waals surface area contributed by atoms with Crippen molar-refractivity contribution in [3.8, 4) is 0 Å². The summed E-state index contributed by atoms with van der Waals surface area (Å²) in [6.45, 7) is 4.42. The van der Waals surface area contributed by atoms with Crippen molar-refractivity contribution in [3.63, 3.8) is 0 Å². The summed E-state index contributed by atoms with van der Waals surface area (Å²) < 4.78 is 5.96. The summed E-state index contributed by atoms with van der Waals surface area (Å²) in [6.07, 6.45) is 5.99. The van der Waals surface area contributed by atoms with E-state index in [1.165, 1.54) is 0 Å². The van der Waals surface area contributed by atoms with Crippen molar-refractivity contribution in [2.45, 2.75) is 52.4 Å². The molecule has 0 radical (unpaired) electrons. The third-order valence-electron chi connectivity index (χ3n) is 3.84. The van der Waals surface area contributed by atoms with Crippen LogP contribution in [0.5, 0.6) is 0 Å². The lowest BCUT2D eigenvalue weighted by molar-refractivity contribution is 0.355. The Hall–Kier alpha value is -1.05. The van der Waals surface area contributed by atoms with Crippen molar-refractivity contribution in [2.75, 3.05) is 0 Å². The van der Waals surface area contributed by atoms with Crippen LogP contribution in [0.25, 0.3) is 0 Å². The predicted molar refractivity (Wildman–Crippen MR) is 62.8 cm³/mol. The number of hydrogen-bond acceptors (Lipinski definition) is 2. The van der Waals surface area contributed by atoms with Crippen LogP contribution in [0.3, 0.4) is 0 Å². The summed E-state index contributed by atoms with van der Waals surface area (Å²) in [6, 6.07) is 0. The smallest absolute Gasteiger partial charge is 0.191 e. The Labute approximate surface area is 95.7 Å². The minimum absolute atomic E-state index is 0.203. The van der Waals surface area contributed by atoms with Gasteiger partial charge >= 0.3 is 0 Å². The highest BCUT2D eigenvalue weighted by Gasteiger charge is 2.34. The third kappa shape index (κ3) is 1.43. The second-order valence-corrected chi connectivity index (χ2v) is 5.96. The van der Waals surface area contributed by atoms with Gasteiger partial charge in [0.05, 0.1) is 0 Å². The van der Waals surface area contributed by atoms with Gasteiger partial charge in [-0.25, -0.2) is 0 Å². The molecule has 2 aliphatic rings. The summed E-state index contributed by atoms with van der Waals surface area (Å²) in [4.78, 5) is 12.3. The molecule has 1 aromatic heterocycles. The van der Waals surface area contributed by atoms with Crippen LogP contribution in [0, 0.1) is 5.41 Å². The minimum Gasteiger partial charge on any atom is -0.465 e. The fourth-order valence-corrected chi connectivity index (χ4v) is 3.05. The van der Waals surface area contributed by atoms with Gasteiger partial charge in [-0.2, -0.15) is 0 Å². The highest BCUT2D eigenvalue weighted by atomic mass is 16.3. The van der Waals surface area contributed by atoms with E-state index in [2.05, 4.69) is 13.8 Å². The topological polar surface area (TPSA) is 30.2 Å². The van der Waals surface area contributed by atoms with E-state index < -0.39 is 0 Å². The zero-order valence-corrected chi connectivity index (χ0v) is 10.1. The second kappa shape index (κ2) is 3.22. The van der Waals surface area contributed by atoms with Gasteiger partial charge in [0.2, 0.25) is 0 Å². The molecule has 0 spiro atoms. The predicted octanol–water partition coefficient (Wildman–Crippen LogP) is 2.64. The first-order valence-corrected chi connectivity index (χ1v) is 6.23. The van der Waals surface area contributed by atoms with Crippen molar-refractivity contribution >= 4 is 0 Å². The summed E-state index contributed by atoms with van der Waals surface area (Å²) in [5.74, 6) is 1.95. The molecule has 0 N–H and O–H groups in total. The van der Waals surface area contributed by atoms with Gasteiger partial charge in [0.15, 0.2) is 5.43 Å². The Kier molecular flexibility index (Phi) is 2.04. The SMILES string of the molecule is CC1(C)Cc2oc3c(c(=O)c2C1)CCCC3. The van der Waals surface area contributed by atoms with Crippen LogP contribution >= 0.6 is 0 Å². The number of rotatable bonds is 0. The first-order valence-electron chi connectivity index (χ1n) is 6.23. The van der Waals surface area contributed by atoms with Crippen LogP contribution in [0.4, 0.5) is 0 Å². The van der Waals surface area contributed by atoms with Crippen LogP contribution in [-0.2, 0) is 25.7 Å². The Morgan fingerprint density at radius 1 is 1.00 bits per heavy atom. The largest absolute Gasteiger partial charge is 0.465 e. The van der Waals surface area contributed by atoms with E-state index in [-0.39, 0.29) is 5.41 Å². The zero-order chi connectivity index (χ0) is 11.3. The van der Waals surface area contributed by atoms with Gasteiger partial charge < -0.3 is 4.42 Å². The van der Waals surface area contributed by atoms with Gasteiger partial charge in [0.25, 0.3) is 0 Å². The maximum Gasteiger partial charge on any atom is 0.191 e. The van der Waals surface area contributed by atoms with E-state index >= 15 is 0 Å². The summed E-state index contributed by atoms with van der Waals surface area (Å²) in [7, 11) is 0. The van der Waals surface area contributed by atoms with Crippen molar-refractivity contribution in [2.24, 2.45) is 5.41 Å². The molecule has 16 heavy (non-hydrogen) atoms. The van der Waals surface area contributed by atoms with Crippen molar-refractivity contribution in [1.29, 1.82) is 0 Å². The van der Waals surface area contributed by atoms with Crippen molar-refractivity contribution in [1.82, 2.24) is 0 Å². The van der Waals surface area contributed by atoms with Gasteiger partial charge in [-0.3, -0.25) is 4.79 Å². The quantitative estimate of drug-likeness (QED) is 0.670. The van der Waals surface area contributed by atoms with Crippen LogP contribution in [0.15, 0.2) is 9.21 Å². The molecule has 0 aliphatic heterocycles. The van der Waals surface area contributed by atoms with Crippen LogP contribution in [0.2, 0.25) is 0 Å². The number of aryl methyl sites for hydroxylation is 1. The molecule has 1 heterocycles. The van der Waals surface area contributed by atoms with E-state index in [4.69, 9.17) is 4.42 Å². The Morgan fingerprint density at radius 2 is 1.75 bits per heavy atom. The van der Waals surface area contributed by atoms with Gasteiger partial charge in [0, 0.05) is 24.0 Å². The first kappa shape index (κ1) is 10.1. The Morgan fingerprint density at radius 3 is 2.56 bits per heavy atom. The highest BCUT2D eigenvalue weighted by Crippen LogP contribution is 2.36. The average Bonchev–Trinajstić information content (AvgIpc) is 2.53. The standard InChI is InChI=1S/C14H18O2/c1-14(2)7-10-12(8-14)16-11-6-4-3-5-9(11)13(10)15/h3-8H2,1-2H3. The lowest BCUT2D eigenvalue weighted by atomic mass is 9.90. The molecule has 2 aliphatic carbocycles. The molecule has 86 valence electrons. The van der Waals surface area contributed by atoms with Gasteiger partial charge in [-0.15, -0.1) is 0 Å². The normalized spacial score (nSPS) is 21.6. The molecule has 0 atom stereocenters.